The first-order valence-corrected chi connectivity index (χ1v) is 8.43. The van der Waals surface area contributed by atoms with E-state index in [2.05, 4.69) is 21.2 Å². The summed E-state index contributed by atoms with van der Waals surface area (Å²) >= 11 is 4.83. The van der Waals surface area contributed by atoms with E-state index in [0.29, 0.717) is 39.5 Å². The van der Waals surface area contributed by atoms with Gasteiger partial charge in [-0.2, -0.15) is 11.8 Å². The van der Waals surface area contributed by atoms with Crippen molar-refractivity contribution in [3.8, 4) is 11.5 Å². The van der Waals surface area contributed by atoms with Gasteiger partial charge in [0.15, 0.2) is 11.5 Å². The number of amides is 1. The zero-order valence-electron chi connectivity index (χ0n) is 12.1. The molecular weight excluding hydrogens is 374 g/mol. The molecule has 2 N–H and O–H groups in total. The van der Waals surface area contributed by atoms with Crippen LogP contribution >= 0.6 is 27.7 Å². The summed E-state index contributed by atoms with van der Waals surface area (Å²) < 4.78 is 10.9. The maximum Gasteiger partial charge on any atom is 0.330 e. The molecular formula is C14H16BrNO5S. The van der Waals surface area contributed by atoms with E-state index in [-0.39, 0.29) is 0 Å². The van der Waals surface area contributed by atoms with Crippen molar-refractivity contribution in [1.82, 2.24) is 5.32 Å². The lowest BCUT2D eigenvalue weighted by atomic mass is 9.98. The third-order valence-electron chi connectivity index (χ3n) is 3.48. The number of carboxylic acid groups (broad SMARTS) is 1. The van der Waals surface area contributed by atoms with Crippen molar-refractivity contribution in [3.05, 3.63) is 22.2 Å². The number of rotatable bonds is 5. The number of carbonyl (C=O) groups is 2. The number of ether oxygens (including phenoxy) is 2. The van der Waals surface area contributed by atoms with E-state index < -0.39 is 17.4 Å². The summed E-state index contributed by atoms with van der Waals surface area (Å²) in [4.78, 5) is 23.9. The summed E-state index contributed by atoms with van der Waals surface area (Å²) in [5, 5.41) is 12.1. The standard InChI is InChI=1S/C14H16BrNO5S/c1-20-10-6-8(5-9(15)11(10)21-2)12(17)16-14(13(18)19)3-4-22-7-14/h5-6H,3-4,7H2,1-2H3,(H,16,17)(H,18,19). The van der Waals surface area contributed by atoms with Gasteiger partial charge < -0.3 is 19.9 Å². The molecule has 1 unspecified atom stereocenters. The summed E-state index contributed by atoms with van der Waals surface area (Å²) in [5.41, 5.74) is -0.900. The molecule has 120 valence electrons. The smallest absolute Gasteiger partial charge is 0.330 e. The first kappa shape index (κ1) is 17.0. The van der Waals surface area contributed by atoms with Crippen molar-refractivity contribution >= 4 is 39.6 Å². The van der Waals surface area contributed by atoms with Crippen LogP contribution in [0, 0.1) is 0 Å². The van der Waals surface area contributed by atoms with Crippen molar-refractivity contribution in [2.45, 2.75) is 12.0 Å². The Morgan fingerprint density at radius 2 is 2.09 bits per heavy atom. The van der Waals surface area contributed by atoms with Crippen LogP contribution in [0.5, 0.6) is 11.5 Å². The quantitative estimate of drug-likeness (QED) is 0.802. The molecule has 0 aliphatic carbocycles. The maximum atomic E-state index is 12.4. The van der Waals surface area contributed by atoms with Crippen molar-refractivity contribution in [1.29, 1.82) is 0 Å². The van der Waals surface area contributed by atoms with Gasteiger partial charge in [-0.25, -0.2) is 4.79 Å². The number of methoxy groups -OCH3 is 2. The summed E-state index contributed by atoms with van der Waals surface area (Å²) in [7, 11) is 2.97. The zero-order valence-corrected chi connectivity index (χ0v) is 14.5. The number of hydrogen-bond acceptors (Lipinski definition) is 5. The lowest BCUT2D eigenvalue weighted by Crippen LogP contribution is -2.54. The fourth-order valence-electron chi connectivity index (χ4n) is 2.22. The van der Waals surface area contributed by atoms with Crippen LogP contribution in [-0.4, -0.2) is 48.2 Å². The predicted octanol–water partition coefficient (Wildman–Crippen LogP) is 2.16. The minimum Gasteiger partial charge on any atom is -0.493 e. The van der Waals surface area contributed by atoms with E-state index >= 15 is 0 Å². The minimum absolute atomic E-state index is 0.307. The van der Waals surface area contributed by atoms with Crippen molar-refractivity contribution in [2.24, 2.45) is 0 Å². The second-order valence-electron chi connectivity index (χ2n) is 4.84. The Morgan fingerprint density at radius 1 is 1.36 bits per heavy atom. The number of benzene rings is 1. The molecule has 0 saturated carbocycles. The van der Waals surface area contributed by atoms with Crippen molar-refractivity contribution in [2.75, 3.05) is 25.7 Å². The summed E-state index contributed by atoms with van der Waals surface area (Å²) in [5.74, 6) is 0.484. The zero-order chi connectivity index (χ0) is 16.3. The van der Waals surface area contributed by atoms with Gasteiger partial charge in [-0.15, -0.1) is 0 Å². The Labute approximate surface area is 140 Å². The van der Waals surface area contributed by atoms with Gasteiger partial charge in [-0.1, -0.05) is 0 Å². The van der Waals surface area contributed by atoms with Crippen LogP contribution in [0.25, 0.3) is 0 Å². The summed E-state index contributed by atoms with van der Waals surface area (Å²) in [6.07, 6.45) is 0.410. The maximum absolute atomic E-state index is 12.4. The fourth-order valence-corrected chi connectivity index (χ4v) is 4.15. The highest BCUT2D eigenvalue weighted by Gasteiger charge is 2.43. The first-order chi connectivity index (χ1) is 10.4. The lowest BCUT2D eigenvalue weighted by Gasteiger charge is -2.24. The van der Waals surface area contributed by atoms with Gasteiger partial charge in [0.2, 0.25) is 0 Å². The monoisotopic (exact) mass is 389 g/mol. The number of nitrogens with one attached hydrogen (secondary N) is 1. The predicted molar refractivity (Wildman–Crippen MR) is 87.0 cm³/mol. The van der Waals surface area contributed by atoms with Gasteiger partial charge in [0.05, 0.1) is 18.7 Å². The van der Waals surface area contributed by atoms with Crippen LogP contribution in [0.4, 0.5) is 0 Å². The molecule has 6 nitrogen and oxygen atoms in total. The van der Waals surface area contributed by atoms with E-state index in [9.17, 15) is 14.7 Å². The molecule has 1 heterocycles. The normalized spacial score (nSPS) is 20.5. The van der Waals surface area contributed by atoms with E-state index in [1.165, 1.54) is 32.0 Å². The number of aliphatic carboxylic acids is 1. The molecule has 0 spiro atoms. The molecule has 1 saturated heterocycles. The first-order valence-electron chi connectivity index (χ1n) is 6.48. The fraction of sp³-hybridized carbons (Fsp3) is 0.429. The van der Waals surface area contributed by atoms with Crippen molar-refractivity contribution < 1.29 is 24.2 Å². The number of hydrogen-bond donors (Lipinski definition) is 2. The van der Waals surface area contributed by atoms with Gasteiger partial charge in [-0.05, 0) is 40.2 Å². The van der Waals surface area contributed by atoms with E-state index in [1.54, 1.807) is 6.07 Å². The molecule has 0 radical (unpaired) electrons. The molecule has 0 bridgehead atoms. The highest BCUT2D eigenvalue weighted by molar-refractivity contribution is 9.10. The van der Waals surface area contributed by atoms with Gasteiger partial charge in [0.1, 0.15) is 5.54 Å². The third kappa shape index (κ3) is 3.17. The largest absolute Gasteiger partial charge is 0.493 e. The Bertz CT molecular complexity index is 601. The molecule has 2 rings (SSSR count). The Hall–Kier alpha value is -1.41. The van der Waals surface area contributed by atoms with Crippen molar-refractivity contribution in [3.63, 3.8) is 0 Å². The molecule has 1 atom stereocenters. The lowest BCUT2D eigenvalue weighted by molar-refractivity contribution is -0.143. The topological polar surface area (TPSA) is 84.9 Å². The molecule has 1 aliphatic heterocycles. The second kappa shape index (κ2) is 6.78. The van der Waals surface area contributed by atoms with Gasteiger partial charge >= 0.3 is 5.97 Å². The second-order valence-corrected chi connectivity index (χ2v) is 6.80. The molecule has 1 aromatic rings. The van der Waals surface area contributed by atoms with Gasteiger partial charge in [-0.3, -0.25) is 4.79 Å². The molecule has 22 heavy (non-hydrogen) atoms. The number of halogens is 1. The van der Waals surface area contributed by atoms with Crippen LogP contribution < -0.4 is 14.8 Å². The van der Waals surface area contributed by atoms with Crippen LogP contribution in [0.2, 0.25) is 0 Å². The molecule has 8 heteroatoms. The molecule has 1 aromatic carbocycles. The number of carbonyl (C=O) groups excluding carboxylic acids is 1. The number of thioether (sulfide) groups is 1. The highest BCUT2D eigenvalue weighted by atomic mass is 79.9. The molecule has 0 aromatic heterocycles. The molecule has 1 fully saturated rings. The molecule has 1 amide bonds. The average Bonchev–Trinajstić information content (AvgIpc) is 2.96. The minimum atomic E-state index is -1.21. The SMILES string of the molecule is COc1cc(C(=O)NC2(C(=O)O)CCSC2)cc(Br)c1OC. The third-order valence-corrected chi connectivity index (χ3v) is 5.26. The Kier molecular flexibility index (Phi) is 5.23. The summed E-state index contributed by atoms with van der Waals surface area (Å²) in [6, 6.07) is 3.10. The summed E-state index contributed by atoms with van der Waals surface area (Å²) in [6.45, 7) is 0. The Morgan fingerprint density at radius 3 is 2.59 bits per heavy atom. The van der Waals surface area contributed by atoms with E-state index in [0.717, 1.165) is 0 Å². The highest BCUT2D eigenvalue weighted by Crippen LogP contribution is 2.36. The number of carboxylic acids is 1. The van der Waals surface area contributed by atoms with Crippen LogP contribution in [0.3, 0.4) is 0 Å². The van der Waals surface area contributed by atoms with Crippen LogP contribution in [-0.2, 0) is 4.79 Å². The van der Waals surface area contributed by atoms with E-state index in [1.807, 2.05) is 0 Å². The molecule has 1 aliphatic rings. The van der Waals surface area contributed by atoms with Gasteiger partial charge in [0.25, 0.3) is 5.91 Å². The average molecular weight is 390 g/mol. The van der Waals surface area contributed by atoms with Crippen LogP contribution in [0.1, 0.15) is 16.8 Å². The van der Waals surface area contributed by atoms with E-state index in [4.69, 9.17) is 9.47 Å². The Balaban J connectivity index is 2.30. The van der Waals surface area contributed by atoms with Gasteiger partial charge in [0, 0.05) is 11.3 Å². The van der Waals surface area contributed by atoms with Crippen LogP contribution in [0.15, 0.2) is 16.6 Å².